The number of nitrogens with one attached hydrogen (secondary N) is 1. The summed E-state index contributed by atoms with van der Waals surface area (Å²) in [6, 6.07) is 7.52. The maximum atomic E-state index is 12.1. The van der Waals surface area contributed by atoms with Gasteiger partial charge in [-0.15, -0.1) is 11.3 Å². The van der Waals surface area contributed by atoms with Crippen molar-refractivity contribution in [2.45, 2.75) is 13.5 Å². The van der Waals surface area contributed by atoms with Crippen molar-refractivity contribution in [2.75, 3.05) is 5.32 Å². The van der Waals surface area contributed by atoms with Gasteiger partial charge in [0.2, 0.25) is 5.91 Å². The van der Waals surface area contributed by atoms with Crippen LogP contribution in [-0.2, 0) is 11.3 Å². The molecule has 1 amide bonds. The lowest BCUT2D eigenvalue weighted by Crippen LogP contribution is -2.25. The average Bonchev–Trinajstić information content (AvgIpc) is 3.26. The maximum absolute atomic E-state index is 12.1. The fourth-order valence-electron chi connectivity index (χ4n) is 2.53. The summed E-state index contributed by atoms with van der Waals surface area (Å²) in [5.41, 5.74) is 3.36. The van der Waals surface area contributed by atoms with Gasteiger partial charge >= 0.3 is 4.87 Å². The lowest BCUT2D eigenvalue weighted by atomic mass is 10.1. The third kappa shape index (κ3) is 3.13. The van der Waals surface area contributed by atoms with E-state index in [1.165, 1.54) is 4.57 Å². The molecule has 0 saturated carbocycles. The normalized spacial score (nSPS) is 11.1. The van der Waals surface area contributed by atoms with Gasteiger partial charge in [0.1, 0.15) is 6.54 Å². The molecule has 0 aliphatic heterocycles. The van der Waals surface area contributed by atoms with Crippen LogP contribution in [0.1, 0.15) is 5.69 Å². The molecule has 0 aliphatic rings. The van der Waals surface area contributed by atoms with E-state index in [1.54, 1.807) is 16.7 Å². The standard InChI is InChI=1S/C17H14N4O2S2/c1-11-10-25-17(23)21(11)9-15(22)18-13-4-2-12(3-5-13)14-8-20-6-7-24-16(20)19-14/h2-8,10H,9H2,1H3,(H,18,22). The van der Waals surface area contributed by atoms with E-state index in [9.17, 15) is 9.59 Å². The fourth-order valence-corrected chi connectivity index (χ4v) is 3.97. The molecule has 3 aromatic heterocycles. The Balaban J connectivity index is 1.47. The van der Waals surface area contributed by atoms with Crippen LogP contribution in [0.2, 0.25) is 0 Å². The van der Waals surface area contributed by atoms with Crippen LogP contribution in [0.3, 0.4) is 0 Å². The monoisotopic (exact) mass is 370 g/mol. The van der Waals surface area contributed by atoms with Crippen molar-refractivity contribution in [3.8, 4) is 11.3 Å². The zero-order valence-corrected chi connectivity index (χ0v) is 14.9. The molecule has 1 aromatic carbocycles. The van der Waals surface area contributed by atoms with Crippen molar-refractivity contribution in [2.24, 2.45) is 0 Å². The number of thiazole rings is 2. The van der Waals surface area contributed by atoms with Crippen LogP contribution >= 0.6 is 22.7 Å². The number of hydrogen-bond acceptors (Lipinski definition) is 5. The quantitative estimate of drug-likeness (QED) is 0.600. The molecule has 4 aromatic rings. The molecule has 0 unspecified atom stereocenters. The van der Waals surface area contributed by atoms with E-state index in [4.69, 9.17) is 0 Å². The molecule has 8 heteroatoms. The summed E-state index contributed by atoms with van der Waals surface area (Å²) in [5.74, 6) is -0.223. The van der Waals surface area contributed by atoms with Crippen molar-refractivity contribution in [1.82, 2.24) is 14.0 Å². The fraction of sp³-hybridized carbons (Fsp3) is 0.118. The number of anilines is 1. The molecule has 6 nitrogen and oxygen atoms in total. The van der Waals surface area contributed by atoms with E-state index < -0.39 is 0 Å². The van der Waals surface area contributed by atoms with Gasteiger partial charge in [-0.2, -0.15) is 0 Å². The molecule has 4 rings (SSSR count). The number of benzene rings is 1. The molecule has 25 heavy (non-hydrogen) atoms. The topological polar surface area (TPSA) is 68.4 Å². The van der Waals surface area contributed by atoms with Gasteiger partial charge in [0.15, 0.2) is 4.96 Å². The van der Waals surface area contributed by atoms with Gasteiger partial charge in [-0.3, -0.25) is 18.6 Å². The predicted molar refractivity (Wildman–Crippen MR) is 100 cm³/mol. The van der Waals surface area contributed by atoms with Crippen LogP contribution in [-0.4, -0.2) is 19.9 Å². The highest BCUT2D eigenvalue weighted by Gasteiger charge is 2.09. The highest BCUT2D eigenvalue weighted by molar-refractivity contribution is 7.15. The number of amides is 1. The van der Waals surface area contributed by atoms with Crippen LogP contribution in [0.5, 0.6) is 0 Å². The first-order chi connectivity index (χ1) is 12.1. The summed E-state index contributed by atoms with van der Waals surface area (Å²) in [4.78, 5) is 29.2. The number of aryl methyl sites for hydroxylation is 1. The minimum Gasteiger partial charge on any atom is -0.325 e. The first-order valence-corrected chi connectivity index (χ1v) is 9.33. The molecule has 126 valence electrons. The Morgan fingerprint density at radius 3 is 2.72 bits per heavy atom. The smallest absolute Gasteiger partial charge is 0.307 e. The summed E-state index contributed by atoms with van der Waals surface area (Å²) in [6.07, 6.45) is 3.95. The average molecular weight is 370 g/mol. The van der Waals surface area contributed by atoms with Gasteiger partial charge in [0.05, 0.1) is 5.69 Å². The van der Waals surface area contributed by atoms with Gasteiger partial charge in [-0.25, -0.2) is 4.98 Å². The second-order valence-electron chi connectivity index (χ2n) is 5.57. The Labute approximate surface area is 151 Å². The summed E-state index contributed by atoms with van der Waals surface area (Å²) >= 11 is 2.69. The molecule has 3 heterocycles. The Kier molecular flexibility index (Phi) is 3.98. The van der Waals surface area contributed by atoms with E-state index in [1.807, 2.05) is 53.4 Å². The highest BCUT2D eigenvalue weighted by atomic mass is 32.1. The van der Waals surface area contributed by atoms with Crippen LogP contribution in [0.25, 0.3) is 16.2 Å². The van der Waals surface area contributed by atoms with E-state index in [0.717, 1.165) is 33.2 Å². The van der Waals surface area contributed by atoms with Gasteiger partial charge in [0.25, 0.3) is 0 Å². The van der Waals surface area contributed by atoms with Gasteiger partial charge in [0, 0.05) is 40.1 Å². The maximum Gasteiger partial charge on any atom is 0.307 e. The summed E-state index contributed by atoms with van der Waals surface area (Å²) in [5, 5.41) is 6.56. The molecular formula is C17H14N4O2S2. The third-order valence-electron chi connectivity index (χ3n) is 3.84. The summed E-state index contributed by atoms with van der Waals surface area (Å²) in [7, 11) is 0. The summed E-state index contributed by atoms with van der Waals surface area (Å²) < 4.78 is 3.45. The minimum atomic E-state index is -0.223. The molecule has 1 N–H and O–H groups in total. The molecule has 0 bridgehead atoms. The number of nitrogens with zero attached hydrogens (tertiary/aromatic N) is 3. The highest BCUT2D eigenvalue weighted by Crippen LogP contribution is 2.23. The SMILES string of the molecule is Cc1csc(=O)n1CC(=O)Nc1ccc(-c2cn3ccsc3n2)cc1. The molecule has 0 radical (unpaired) electrons. The molecule has 0 spiro atoms. The van der Waals surface area contributed by atoms with Gasteiger partial charge in [-0.1, -0.05) is 23.5 Å². The zero-order valence-electron chi connectivity index (χ0n) is 13.3. The number of hydrogen-bond donors (Lipinski definition) is 1. The zero-order chi connectivity index (χ0) is 17.4. The second kappa shape index (κ2) is 6.30. The van der Waals surface area contributed by atoms with Crippen molar-refractivity contribution in [3.05, 3.63) is 62.8 Å². The largest absolute Gasteiger partial charge is 0.325 e. The number of rotatable bonds is 4. The van der Waals surface area contributed by atoms with E-state index in [0.29, 0.717) is 5.69 Å². The molecule has 0 saturated heterocycles. The molecule has 0 atom stereocenters. The van der Waals surface area contributed by atoms with Crippen LogP contribution in [0, 0.1) is 6.92 Å². The Bertz CT molecular complexity index is 1070. The van der Waals surface area contributed by atoms with Gasteiger partial charge in [-0.05, 0) is 19.1 Å². The van der Waals surface area contributed by atoms with Crippen LogP contribution in [0.15, 0.2) is 52.2 Å². The first-order valence-electron chi connectivity index (χ1n) is 7.57. The molecule has 0 aliphatic carbocycles. The van der Waals surface area contributed by atoms with Crippen LogP contribution in [0.4, 0.5) is 5.69 Å². The van der Waals surface area contributed by atoms with E-state index in [-0.39, 0.29) is 17.3 Å². The van der Waals surface area contributed by atoms with Crippen molar-refractivity contribution >= 4 is 39.2 Å². The minimum absolute atomic E-state index is 0.0211. The van der Waals surface area contributed by atoms with E-state index >= 15 is 0 Å². The number of imidazole rings is 1. The lowest BCUT2D eigenvalue weighted by molar-refractivity contribution is -0.116. The summed E-state index contributed by atoms with van der Waals surface area (Å²) in [6.45, 7) is 1.84. The number of aromatic nitrogens is 3. The Morgan fingerprint density at radius 2 is 2.04 bits per heavy atom. The first kappa shape index (κ1) is 15.8. The third-order valence-corrected chi connectivity index (χ3v) is 5.49. The predicted octanol–water partition coefficient (Wildman–Crippen LogP) is 3.23. The second-order valence-corrected chi connectivity index (χ2v) is 7.27. The molecular weight excluding hydrogens is 356 g/mol. The van der Waals surface area contributed by atoms with Crippen molar-refractivity contribution in [1.29, 1.82) is 0 Å². The lowest BCUT2D eigenvalue weighted by Gasteiger charge is -2.07. The number of fused-ring (bicyclic) bond motifs is 1. The Morgan fingerprint density at radius 1 is 1.24 bits per heavy atom. The number of carbonyl (C=O) groups is 1. The van der Waals surface area contributed by atoms with Crippen molar-refractivity contribution < 1.29 is 4.79 Å². The van der Waals surface area contributed by atoms with Crippen molar-refractivity contribution in [3.63, 3.8) is 0 Å². The van der Waals surface area contributed by atoms with Crippen LogP contribution < -0.4 is 10.2 Å². The molecule has 0 fully saturated rings. The number of carbonyl (C=O) groups excluding carboxylic acids is 1. The van der Waals surface area contributed by atoms with E-state index in [2.05, 4.69) is 10.3 Å². The van der Waals surface area contributed by atoms with Gasteiger partial charge < -0.3 is 5.32 Å². The Hall–Kier alpha value is -2.71.